The SMILES string of the molecule is CCCCCCCC(C)OC(=O)c1ccc(-c2ccc(OC(=O)c3ccc(OC(=O)CCCCCCCC(=O)Oc4ccc(C(=O)Oc5ccc(-c6ccc(C(=O)OC(C)CCCCCCC)cc6)cc5)cc4)cc3)cc2)cc1. The summed E-state index contributed by atoms with van der Waals surface area (Å²) in [5.41, 5.74) is 5.18. The number of benzene rings is 6. The maximum absolute atomic E-state index is 12.9. The lowest BCUT2D eigenvalue weighted by atomic mass is 10.0. The Bertz CT molecular complexity index is 2640. The second-order valence-electron chi connectivity index (χ2n) is 20.1. The van der Waals surface area contributed by atoms with Gasteiger partial charge in [-0.1, -0.05) is 133 Å². The topological polar surface area (TPSA) is 158 Å². The van der Waals surface area contributed by atoms with E-state index in [0.29, 0.717) is 58.1 Å². The fraction of sp³-hybridized carbons (Fsp3) is 0.373. The van der Waals surface area contributed by atoms with Crippen molar-refractivity contribution in [2.24, 2.45) is 0 Å². The third-order valence-corrected chi connectivity index (χ3v) is 13.5. The fourth-order valence-electron chi connectivity index (χ4n) is 8.80. The molecule has 6 rings (SSSR count). The number of esters is 6. The van der Waals surface area contributed by atoms with Gasteiger partial charge in [-0.2, -0.15) is 0 Å². The first-order valence-electron chi connectivity index (χ1n) is 28.3. The molecule has 0 saturated heterocycles. The molecular weight excluding hydrogens is 997 g/mol. The van der Waals surface area contributed by atoms with Crippen LogP contribution in [0.25, 0.3) is 22.3 Å². The van der Waals surface area contributed by atoms with E-state index in [4.69, 9.17) is 28.4 Å². The summed E-state index contributed by atoms with van der Waals surface area (Å²) in [6.45, 7) is 8.25. The molecule has 0 fully saturated rings. The second kappa shape index (κ2) is 32.8. The van der Waals surface area contributed by atoms with Crippen LogP contribution in [0.2, 0.25) is 0 Å². The summed E-state index contributed by atoms with van der Waals surface area (Å²) in [4.78, 5) is 76.2. The fourth-order valence-corrected chi connectivity index (χ4v) is 8.80. The van der Waals surface area contributed by atoms with Crippen LogP contribution in [0.1, 0.15) is 191 Å². The first-order valence-corrected chi connectivity index (χ1v) is 28.3. The first-order chi connectivity index (χ1) is 38.4. The van der Waals surface area contributed by atoms with Gasteiger partial charge in [-0.15, -0.1) is 0 Å². The minimum atomic E-state index is -0.555. The van der Waals surface area contributed by atoms with Gasteiger partial charge in [-0.25, -0.2) is 19.2 Å². The Morgan fingerprint density at radius 1 is 0.304 bits per heavy atom. The van der Waals surface area contributed by atoms with Crippen molar-refractivity contribution in [2.75, 3.05) is 0 Å². The van der Waals surface area contributed by atoms with E-state index >= 15 is 0 Å². The summed E-state index contributed by atoms with van der Waals surface area (Å²) in [6, 6.07) is 41.1. The maximum Gasteiger partial charge on any atom is 0.343 e. The Morgan fingerprint density at radius 2 is 0.557 bits per heavy atom. The molecule has 12 heteroatoms. The molecule has 2 unspecified atom stereocenters. The Balaban J connectivity index is 0.804. The van der Waals surface area contributed by atoms with Crippen molar-refractivity contribution >= 4 is 35.8 Å². The average molecular weight is 1070 g/mol. The number of ether oxygens (including phenoxy) is 6. The number of hydrogen-bond donors (Lipinski definition) is 0. The van der Waals surface area contributed by atoms with Gasteiger partial charge in [0.25, 0.3) is 0 Å². The summed E-state index contributed by atoms with van der Waals surface area (Å²) in [5.74, 6) is -1.15. The van der Waals surface area contributed by atoms with Crippen LogP contribution >= 0.6 is 0 Å². The molecule has 0 aromatic heterocycles. The molecule has 0 aliphatic carbocycles. The van der Waals surface area contributed by atoms with E-state index in [1.54, 1.807) is 97.1 Å². The van der Waals surface area contributed by atoms with Crippen LogP contribution < -0.4 is 18.9 Å². The molecule has 0 heterocycles. The number of carbonyl (C=O) groups is 6. The highest BCUT2D eigenvalue weighted by Gasteiger charge is 2.17. The predicted octanol–water partition coefficient (Wildman–Crippen LogP) is 16.5. The molecule has 6 aromatic carbocycles. The lowest BCUT2D eigenvalue weighted by Crippen LogP contribution is -2.15. The smallest absolute Gasteiger partial charge is 0.343 e. The van der Waals surface area contributed by atoms with Crippen molar-refractivity contribution < 1.29 is 57.2 Å². The molecule has 0 spiro atoms. The molecule has 0 amide bonds. The van der Waals surface area contributed by atoms with E-state index in [0.717, 1.165) is 80.0 Å². The molecule has 79 heavy (non-hydrogen) atoms. The van der Waals surface area contributed by atoms with Gasteiger partial charge in [0, 0.05) is 12.8 Å². The Hall–Kier alpha value is -7.86. The molecule has 0 saturated carbocycles. The van der Waals surface area contributed by atoms with E-state index < -0.39 is 11.9 Å². The third kappa shape index (κ3) is 21.1. The maximum atomic E-state index is 12.9. The highest BCUT2D eigenvalue weighted by Crippen LogP contribution is 2.27. The average Bonchev–Trinajstić information content (AvgIpc) is 3.47. The Kier molecular flexibility index (Phi) is 25.0. The summed E-state index contributed by atoms with van der Waals surface area (Å²) in [7, 11) is 0. The molecule has 0 aliphatic heterocycles. The Morgan fingerprint density at radius 3 is 0.899 bits per heavy atom. The van der Waals surface area contributed by atoms with Gasteiger partial charge >= 0.3 is 35.8 Å². The minimum Gasteiger partial charge on any atom is -0.459 e. The lowest BCUT2D eigenvalue weighted by Gasteiger charge is -2.13. The van der Waals surface area contributed by atoms with Crippen LogP contribution in [0.5, 0.6) is 23.0 Å². The summed E-state index contributed by atoms with van der Waals surface area (Å²) >= 11 is 0. The van der Waals surface area contributed by atoms with Gasteiger partial charge in [0.15, 0.2) is 0 Å². The van der Waals surface area contributed by atoms with Crippen LogP contribution in [0.3, 0.4) is 0 Å². The molecule has 0 radical (unpaired) electrons. The zero-order valence-corrected chi connectivity index (χ0v) is 46.3. The Labute approximate surface area is 466 Å². The molecular formula is C67H76O12. The van der Waals surface area contributed by atoms with Gasteiger partial charge in [-0.05, 0) is 172 Å². The van der Waals surface area contributed by atoms with Crippen molar-refractivity contribution in [1.29, 1.82) is 0 Å². The normalized spacial score (nSPS) is 11.7. The van der Waals surface area contributed by atoms with E-state index in [-0.39, 0.29) is 48.9 Å². The zero-order chi connectivity index (χ0) is 56.2. The monoisotopic (exact) mass is 1070 g/mol. The highest BCUT2D eigenvalue weighted by atomic mass is 16.6. The number of rotatable bonds is 32. The number of carbonyl (C=O) groups excluding carboxylic acids is 6. The van der Waals surface area contributed by atoms with E-state index in [2.05, 4.69) is 13.8 Å². The molecule has 0 aliphatic rings. The highest BCUT2D eigenvalue weighted by molar-refractivity contribution is 5.93. The third-order valence-electron chi connectivity index (χ3n) is 13.5. The van der Waals surface area contributed by atoms with Crippen LogP contribution in [0.15, 0.2) is 146 Å². The van der Waals surface area contributed by atoms with Crippen LogP contribution in [0, 0.1) is 0 Å². The largest absolute Gasteiger partial charge is 0.459 e. The van der Waals surface area contributed by atoms with Crippen LogP contribution in [-0.2, 0) is 19.1 Å². The number of hydrogen-bond acceptors (Lipinski definition) is 12. The molecule has 2 atom stereocenters. The van der Waals surface area contributed by atoms with Crippen LogP contribution in [-0.4, -0.2) is 48.0 Å². The van der Waals surface area contributed by atoms with E-state index in [1.807, 2.05) is 62.4 Å². The van der Waals surface area contributed by atoms with Crippen molar-refractivity contribution in [3.8, 4) is 45.3 Å². The van der Waals surface area contributed by atoms with Gasteiger partial charge in [0.05, 0.1) is 34.5 Å². The van der Waals surface area contributed by atoms with E-state index in [1.165, 1.54) is 38.5 Å². The van der Waals surface area contributed by atoms with E-state index in [9.17, 15) is 28.8 Å². The van der Waals surface area contributed by atoms with Gasteiger partial charge < -0.3 is 28.4 Å². The molecule has 12 nitrogen and oxygen atoms in total. The van der Waals surface area contributed by atoms with Gasteiger partial charge in [-0.3, -0.25) is 9.59 Å². The first kappa shape index (κ1) is 60.4. The molecule has 416 valence electrons. The second-order valence-corrected chi connectivity index (χ2v) is 20.1. The molecule has 6 aromatic rings. The van der Waals surface area contributed by atoms with Crippen molar-refractivity contribution in [1.82, 2.24) is 0 Å². The van der Waals surface area contributed by atoms with Crippen molar-refractivity contribution in [3.63, 3.8) is 0 Å². The summed E-state index contributed by atoms with van der Waals surface area (Å²) < 4.78 is 33.4. The van der Waals surface area contributed by atoms with Gasteiger partial charge in [0.1, 0.15) is 23.0 Å². The minimum absolute atomic E-state index is 0.133. The van der Waals surface area contributed by atoms with Crippen molar-refractivity contribution in [3.05, 3.63) is 168 Å². The lowest BCUT2D eigenvalue weighted by molar-refractivity contribution is -0.135. The zero-order valence-electron chi connectivity index (χ0n) is 46.3. The van der Waals surface area contributed by atoms with Crippen molar-refractivity contribution in [2.45, 2.75) is 162 Å². The standard InChI is InChI=1S/C67H76O12/c1-5-7-9-12-16-20-48(3)74-64(70)54-28-24-50(25-29-54)52-32-40-60(41-33-52)78-66(72)56-36-44-58(45-37-56)76-62(68)22-18-14-11-15-19-23-63(69)77-59-46-38-57(39-47-59)67(73)79-61-42-34-53(35-43-61)51-26-30-55(31-27-51)65(71)75-49(4)21-17-13-10-8-6-2/h24-49H,5-23H2,1-4H3. The summed E-state index contributed by atoms with van der Waals surface area (Å²) in [6.07, 6.45) is 17.2. The van der Waals surface area contributed by atoms with Gasteiger partial charge in [0.2, 0.25) is 0 Å². The number of unbranched alkanes of at least 4 members (excludes halogenated alkanes) is 12. The molecule has 0 N–H and O–H groups in total. The quantitative estimate of drug-likeness (QED) is 0.0224. The van der Waals surface area contributed by atoms with Crippen LogP contribution in [0.4, 0.5) is 0 Å². The summed E-state index contributed by atoms with van der Waals surface area (Å²) in [5, 5.41) is 0. The predicted molar refractivity (Wildman–Crippen MR) is 307 cm³/mol. The molecule has 0 bridgehead atoms.